The molecule has 0 fully saturated rings. The Labute approximate surface area is 121 Å². The van der Waals surface area contributed by atoms with Gasteiger partial charge in [-0.15, -0.1) is 0 Å². The summed E-state index contributed by atoms with van der Waals surface area (Å²) in [6.45, 7) is 8.32. The number of aryl methyl sites for hydroxylation is 1. The molecule has 0 spiro atoms. The molecule has 0 saturated heterocycles. The van der Waals surface area contributed by atoms with Gasteiger partial charge in [-0.2, -0.15) is 0 Å². The van der Waals surface area contributed by atoms with Gasteiger partial charge in [0.05, 0.1) is 13.2 Å². The highest BCUT2D eigenvalue weighted by atomic mass is 16.5. The lowest BCUT2D eigenvalue weighted by atomic mass is 10.2. The lowest BCUT2D eigenvalue weighted by molar-refractivity contribution is -0.143. The monoisotopic (exact) mass is 281 g/mol. The Kier molecular flexibility index (Phi) is 7.95. The molecule has 1 heterocycles. The van der Waals surface area contributed by atoms with Crippen LogP contribution in [0.4, 0.5) is 0 Å². The molecule has 5 heteroatoms. The summed E-state index contributed by atoms with van der Waals surface area (Å²) in [5, 5.41) is 3.37. The highest BCUT2D eigenvalue weighted by Gasteiger charge is 2.04. The van der Waals surface area contributed by atoms with Crippen molar-refractivity contribution in [3.8, 4) is 0 Å². The van der Waals surface area contributed by atoms with Crippen LogP contribution >= 0.6 is 0 Å². The number of nitrogens with zero attached hydrogens (tertiary/aromatic N) is 2. The number of hydrogen-bond acceptors (Lipinski definition) is 4. The Morgan fingerprint density at radius 3 is 2.90 bits per heavy atom. The van der Waals surface area contributed by atoms with Crippen LogP contribution in [-0.4, -0.2) is 28.2 Å². The number of hydrogen-bond donors (Lipinski definition) is 1. The molecule has 0 aliphatic heterocycles. The number of carbonyl (C=O) groups excluding carboxylic acids is 1. The first-order chi connectivity index (χ1) is 9.63. The molecule has 0 aromatic carbocycles. The number of nitrogens with one attached hydrogen (secondary N) is 1. The van der Waals surface area contributed by atoms with Crippen LogP contribution in [-0.2, 0) is 22.6 Å². The molecule has 20 heavy (non-hydrogen) atoms. The lowest BCUT2D eigenvalue weighted by Crippen LogP contribution is -2.24. The van der Waals surface area contributed by atoms with Crippen molar-refractivity contribution in [3.63, 3.8) is 0 Å². The Balaban J connectivity index is 2.19. The van der Waals surface area contributed by atoms with Crippen LogP contribution < -0.4 is 5.32 Å². The first kappa shape index (κ1) is 16.7. The first-order valence-corrected chi connectivity index (χ1v) is 7.52. The van der Waals surface area contributed by atoms with E-state index in [2.05, 4.69) is 28.7 Å². The van der Waals surface area contributed by atoms with Crippen LogP contribution in [0.15, 0.2) is 12.4 Å². The zero-order chi connectivity index (χ0) is 14.8. The van der Waals surface area contributed by atoms with Gasteiger partial charge >= 0.3 is 5.97 Å². The van der Waals surface area contributed by atoms with E-state index in [9.17, 15) is 4.79 Å². The predicted octanol–water partition coefficient (Wildman–Crippen LogP) is 2.50. The molecule has 5 nitrogen and oxygen atoms in total. The van der Waals surface area contributed by atoms with Crippen LogP contribution in [0, 0.1) is 0 Å². The standard InChI is InChI=1S/C15H27N3O2/c1-4-20-15(19)8-6-5-7-10-18-11-9-16-14(18)12-17-13(2)3/h9,11,13,17H,4-8,10,12H2,1-3H3. The van der Waals surface area contributed by atoms with Crippen LogP contribution in [0.1, 0.15) is 52.3 Å². The van der Waals surface area contributed by atoms with Crippen LogP contribution in [0.2, 0.25) is 0 Å². The van der Waals surface area contributed by atoms with Crippen molar-refractivity contribution < 1.29 is 9.53 Å². The number of unbranched alkanes of at least 4 members (excludes halogenated alkanes) is 2. The zero-order valence-corrected chi connectivity index (χ0v) is 12.9. The van der Waals surface area contributed by atoms with Gasteiger partial charge in [-0.1, -0.05) is 20.3 Å². The van der Waals surface area contributed by atoms with Gasteiger partial charge in [-0.25, -0.2) is 4.98 Å². The van der Waals surface area contributed by atoms with Gasteiger partial charge in [0.2, 0.25) is 0 Å². The summed E-state index contributed by atoms with van der Waals surface area (Å²) >= 11 is 0. The van der Waals surface area contributed by atoms with Gasteiger partial charge in [0.1, 0.15) is 5.82 Å². The average molecular weight is 281 g/mol. The first-order valence-electron chi connectivity index (χ1n) is 7.52. The third-order valence-corrected chi connectivity index (χ3v) is 3.06. The highest BCUT2D eigenvalue weighted by Crippen LogP contribution is 2.06. The van der Waals surface area contributed by atoms with Crippen molar-refractivity contribution in [2.75, 3.05) is 6.61 Å². The third kappa shape index (κ3) is 6.70. The smallest absolute Gasteiger partial charge is 0.305 e. The molecule has 114 valence electrons. The molecule has 0 amide bonds. The van der Waals surface area contributed by atoms with Crippen LogP contribution in [0.25, 0.3) is 0 Å². The van der Waals surface area contributed by atoms with Gasteiger partial charge in [0.25, 0.3) is 0 Å². The minimum absolute atomic E-state index is 0.0862. The molecular formula is C15H27N3O2. The van der Waals surface area contributed by atoms with Crippen molar-refractivity contribution in [3.05, 3.63) is 18.2 Å². The van der Waals surface area contributed by atoms with Crippen LogP contribution in [0.3, 0.4) is 0 Å². The second-order valence-electron chi connectivity index (χ2n) is 5.19. The summed E-state index contributed by atoms with van der Waals surface area (Å²) in [5.74, 6) is 0.987. The molecule has 1 aromatic rings. The van der Waals surface area contributed by atoms with Gasteiger partial charge < -0.3 is 14.6 Å². The lowest BCUT2D eigenvalue weighted by Gasteiger charge is -2.10. The van der Waals surface area contributed by atoms with Crippen molar-refractivity contribution in [2.24, 2.45) is 0 Å². The molecule has 0 aliphatic carbocycles. The Bertz CT molecular complexity index is 388. The maximum absolute atomic E-state index is 11.2. The van der Waals surface area contributed by atoms with Gasteiger partial charge in [-0.3, -0.25) is 4.79 Å². The normalized spacial score (nSPS) is 11.0. The number of rotatable bonds is 10. The van der Waals surface area contributed by atoms with Crippen molar-refractivity contribution >= 4 is 5.97 Å². The molecule has 1 aromatic heterocycles. The quantitative estimate of drug-likeness (QED) is 0.529. The summed E-state index contributed by atoms with van der Waals surface area (Å²) in [5.41, 5.74) is 0. The second-order valence-corrected chi connectivity index (χ2v) is 5.19. The molecule has 1 N–H and O–H groups in total. The van der Waals surface area contributed by atoms with E-state index in [4.69, 9.17) is 4.74 Å². The number of aromatic nitrogens is 2. The number of esters is 1. The maximum atomic E-state index is 11.2. The van der Waals surface area contributed by atoms with Crippen molar-refractivity contribution in [1.82, 2.24) is 14.9 Å². The Morgan fingerprint density at radius 1 is 1.40 bits per heavy atom. The fourth-order valence-electron chi connectivity index (χ4n) is 1.97. The van der Waals surface area contributed by atoms with E-state index in [0.717, 1.165) is 38.2 Å². The van der Waals surface area contributed by atoms with Crippen molar-refractivity contribution in [2.45, 2.75) is 65.6 Å². The van der Waals surface area contributed by atoms with E-state index in [1.54, 1.807) is 0 Å². The van der Waals surface area contributed by atoms with Crippen molar-refractivity contribution in [1.29, 1.82) is 0 Å². The predicted molar refractivity (Wildman–Crippen MR) is 79.3 cm³/mol. The SMILES string of the molecule is CCOC(=O)CCCCCn1ccnc1CNC(C)C. The molecule has 0 aliphatic rings. The summed E-state index contributed by atoms with van der Waals surface area (Å²) in [7, 11) is 0. The molecular weight excluding hydrogens is 254 g/mol. The Hall–Kier alpha value is -1.36. The van der Waals surface area contributed by atoms with Gasteiger partial charge in [0.15, 0.2) is 0 Å². The number of carbonyl (C=O) groups is 1. The summed E-state index contributed by atoms with van der Waals surface area (Å²) in [4.78, 5) is 15.6. The third-order valence-electron chi connectivity index (χ3n) is 3.06. The van der Waals surface area contributed by atoms with Gasteiger partial charge in [0, 0.05) is 31.4 Å². The fraction of sp³-hybridized carbons (Fsp3) is 0.733. The number of ether oxygens (including phenoxy) is 1. The molecule has 0 unspecified atom stereocenters. The molecule has 0 bridgehead atoms. The average Bonchev–Trinajstić information content (AvgIpc) is 2.84. The van der Waals surface area contributed by atoms with E-state index >= 15 is 0 Å². The summed E-state index contributed by atoms with van der Waals surface area (Å²) in [6.07, 6.45) is 7.38. The molecule has 0 saturated carbocycles. The maximum Gasteiger partial charge on any atom is 0.305 e. The van der Waals surface area contributed by atoms with E-state index in [0.29, 0.717) is 19.1 Å². The number of imidazole rings is 1. The van der Waals surface area contributed by atoms with E-state index in [1.807, 2.05) is 19.3 Å². The van der Waals surface area contributed by atoms with E-state index in [1.165, 1.54) is 0 Å². The minimum atomic E-state index is -0.0862. The summed E-state index contributed by atoms with van der Waals surface area (Å²) < 4.78 is 7.09. The molecule has 0 atom stereocenters. The van der Waals surface area contributed by atoms with E-state index < -0.39 is 0 Å². The summed E-state index contributed by atoms with van der Waals surface area (Å²) in [6, 6.07) is 0.463. The van der Waals surface area contributed by atoms with E-state index in [-0.39, 0.29) is 5.97 Å². The van der Waals surface area contributed by atoms with Crippen LogP contribution in [0.5, 0.6) is 0 Å². The second kappa shape index (κ2) is 9.53. The molecule has 0 radical (unpaired) electrons. The topological polar surface area (TPSA) is 56.2 Å². The minimum Gasteiger partial charge on any atom is -0.466 e. The Morgan fingerprint density at radius 2 is 2.20 bits per heavy atom. The zero-order valence-electron chi connectivity index (χ0n) is 12.9. The molecule has 1 rings (SSSR count). The van der Waals surface area contributed by atoms with Gasteiger partial charge in [-0.05, 0) is 19.8 Å². The highest BCUT2D eigenvalue weighted by molar-refractivity contribution is 5.69. The largest absolute Gasteiger partial charge is 0.466 e. The fourth-order valence-corrected chi connectivity index (χ4v) is 1.97.